The first-order valence-electron chi connectivity index (χ1n) is 11.7. The van der Waals surface area contributed by atoms with Gasteiger partial charge in [-0.2, -0.15) is 39.5 Å². The van der Waals surface area contributed by atoms with Gasteiger partial charge < -0.3 is 15.0 Å². The predicted molar refractivity (Wildman–Crippen MR) is 120 cm³/mol. The standard InChI is InChI=1S/C25H25F9N2O2/c1-2-19-12-21(35-13-15-8-17(24(29,30)31)10-18(9-15)25(32,33)34)20-11-16(23(26,27)28)4-5-22(20)36(19)6-3-7-38-14-37/h4-5,8-11,14,19,21,35H,2-3,6-7,12-13H2,1H3. The zero-order valence-electron chi connectivity index (χ0n) is 20.1. The monoisotopic (exact) mass is 556 g/mol. The van der Waals surface area contributed by atoms with Crippen LogP contribution >= 0.6 is 0 Å². The number of nitrogens with zero attached hydrogens (tertiary/aromatic N) is 1. The molecule has 2 unspecified atom stereocenters. The molecule has 0 aromatic heterocycles. The summed E-state index contributed by atoms with van der Waals surface area (Å²) >= 11 is 0. The summed E-state index contributed by atoms with van der Waals surface area (Å²) in [4.78, 5) is 12.3. The minimum absolute atomic E-state index is 0.0222. The van der Waals surface area contributed by atoms with Crippen molar-refractivity contribution in [1.82, 2.24) is 5.32 Å². The number of nitrogens with one attached hydrogen (secondary N) is 1. The Bertz CT molecular complexity index is 1080. The van der Waals surface area contributed by atoms with E-state index >= 15 is 0 Å². The molecule has 1 N–H and O–H groups in total. The molecule has 1 heterocycles. The Morgan fingerprint density at radius 3 is 2.05 bits per heavy atom. The molecule has 0 amide bonds. The van der Waals surface area contributed by atoms with Gasteiger partial charge in [0, 0.05) is 30.9 Å². The molecule has 0 saturated heterocycles. The van der Waals surface area contributed by atoms with Crippen LogP contribution in [0, 0.1) is 0 Å². The van der Waals surface area contributed by atoms with Crippen LogP contribution in [0.5, 0.6) is 0 Å². The van der Waals surface area contributed by atoms with E-state index in [9.17, 15) is 44.3 Å². The van der Waals surface area contributed by atoms with Crippen LogP contribution in [0.2, 0.25) is 0 Å². The topological polar surface area (TPSA) is 41.6 Å². The van der Waals surface area contributed by atoms with E-state index < -0.39 is 47.8 Å². The zero-order valence-corrected chi connectivity index (χ0v) is 20.1. The van der Waals surface area contributed by atoms with Gasteiger partial charge in [0.15, 0.2) is 0 Å². The summed E-state index contributed by atoms with van der Waals surface area (Å²) in [5.74, 6) is 0. The van der Waals surface area contributed by atoms with Gasteiger partial charge in [-0.05, 0) is 66.8 Å². The largest absolute Gasteiger partial charge is 0.468 e. The molecule has 0 aliphatic carbocycles. The van der Waals surface area contributed by atoms with E-state index in [4.69, 9.17) is 4.74 Å². The maximum Gasteiger partial charge on any atom is 0.416 e. The van der Waals surface area contributed by atoms with E-state index in [1.54, 1.807) is 0 Å². The first kappa shape index (κ1) is 29.6. The fourth-order valence-electron chi connectivity index (χ4n) is 4.61. The lowest BCUT2D eigenvalue weighted by Crippen LogP contribution is -2.44. The lowest BCUT2D eigenvalue weighted by Gasteiger charge is -2.43. The number of alkyl halides is 9. The SMILES string of the molecule is CCC1CC(NCc2cc(C(F)(F)F)cc(C(F)(F)F)c2)c2cc(C(F)(F)F)ccc2N1CCCOC=O. The van der Waals surface area contributed by atoms with Crippen molar-refractivity contribution in [2.45, 2.75) is 63.3 Å². The van der Waals surface area contributed by atoms with Crippen molar-refractivity contribution in [3.8, 4) is 0 Å². The molecule has 2 atom stereocenters. The number of halogens is 9. The van der Waals surface area contributed by atoms with E-state index in [0.717, 1.165) is 12.1 Å². The third-order valence-corrected chi connectivity index (χ3v) is 6.39. The highest BCUT2D eigenvalue weighted by Crippen LogP contribution is 2.42. The summed E-state index contributed by atoms with van der Waals surface area (Å²) in [6, 6.07) is 3.41. The molecule has 1 aliphatic rings. The number of rotatable bonds is 9. The van der Waals surface area contributed by atoms with E-state index in [0.29, 0.717) is 37.2 Å². The molecule has 2 aromatic carbocycles. The molecule has 0 bridgehead atoms. The molecule has 3 rings (SSSR count). The summed E-state index contributed by atoms with van der Waals surface area (Å²) < 4.78 is 125. The first-order valence-corrected chi connectivity index (χ1v) is 11.7. The predicted octanol–water partition coefficient (Wildman–Crippen LogP) is 7.13. The summed E-state index contributed by atoms with van der Waals surface area (Å²) in [6.45, 7) is 2.17. The molecule has 210 valence electrons. The number of ether oxygens (including phenoxy) is 1. The fourth-order valence-corrected chi connectivity index (χ4v) is 4.61. The summed E-state index contributed by atoms with van der Waals surface area (Å²) in [5.41, 5.74) is -3.49. The van der Waals surface area contributed by atoms with E-state index in [-0.39, 0.29) is 42.7 Å². The van der Waals surface area contributed by atoms with Crippen molar-refractivity contribution in [2.75, 3.05) is 18.1 Å². The summed E-state index contributed by atoms with van der Waals surface area (Å²) in [6.07, 6.45) is -13.5. The molecule has 1 aliphatic heterocycles. The van der Waals surface area contributed by atoms with E-state index in [1.165, 1.54) is 6.07 Å². The normalized spacial score (nSPS) is 18.3. The lowest BCUT2D eigenvalue weighted by molar-refractivity contribution is -0.143. The smallest absolute Gasteiger partial charge is 0.416 e. The average Bonchev–Trinajstić information content (AvgIpc) is 2.83. The highest BCUT2D eigenvalue weighted by atomic mass is 19.4. The van der Waals surface area contributed by atoms with Gasteiger partial charge in [0.1, 0.15) is 0 Å². The summed E-state index contributed by atoms with van der Waals surface area (Å²) in [5, 5.41) is 2.89. The third-order valence-electron chi connectivity index (χ3n) is 6.39. The number of hydrogen-bond donors (Lipinski definition) is 1. The highest BCUT2D eigenvalue weighted by molar-refractivity contribution is 5.60. The highest BCUT2D eigenvalue weighted by Gasteiger charge is 2.38. The number of benzene rings is 2. The van der Waals surface area contributed by atoms with Gasteiger partial charge in [-0.1, -0.05) is 6.92 Å². The van der Waals surface area contributed by atoms with Crippen molar-refractivity contribution in [3.05, 3.63) is 64.2 Å². The van der Waals surface area contributed by atoms with Gasteiger partial charge in [-0.15, -0.1) is 0 Å². The molecular formula is C25H25F9N2O2. The van der Waals surface area contributed by atoms with Crippen LogP contribution in [-0.4, -0.2) is 25.7 Å². The van der Waals surface area contributed by atoms with Crippen molar-refractivity contribution >= 4 is 12.2 Å². The third kappa shape index (κ3) is 7.12. The molecule has 2 aromatic rings. The Balaban J connectivity index is 1.96. The van der Waals surface area contributed by atoms with Crippen LogP contribution in [0.4, 0.5) is 45.2 Å². The van der Waals surface area contributed by atoms with Gasteiger partial charge in [0.05, 0.1) is 23.3 Å². The van der Waals surface area contributed by atoms with Gasteiger partial charge >= 0.3 is 18.5 Å². The van der Waals surface area contributed by atoms with E-state index in [2.05, 4.69) is 5.32 Å². The minimum atomic E-state index is -5.02. The van der Waals surface area contributed by atoms with Gasteiger partial charge in [0.2, 0.25) is 0 Å². The van der Waals surface area contributed by atoms with Crippen LogP contribution in [0.15, 0.2) is 36.4 Å². The van der Waals surface area contributed by atoms with Crippen molar-refractivity contribution in [1.29, 1.82) is 0 Å². The Labute approximate surface area is 212 Å². The Morgan fingerprint density at radius 2 is 1.53 bits per heavy atom. The van der Waals surface area contributed by atoms with Gasteiger partial charge in [0.25, 0.3) is 6.47 Å². The lowest BCUT2D eigenvalue weighted by atomic mass is 9.88. The van der Waals surface area contributed by atoms with Gasteiger partial charge in [-0.25, -0.2) is 0 Å². The molecular weight excluding hydrogens is 531 g/mol. The van der Waals surface area contributed by atoms with E-state index in [1.807, 2.05) is 11.8 Å². The Morgan fingerprint density at radius 1 is 0.921 bits per heavy atom. The molecule has 0 spiro atoms. The minimum Gasteiger partial charge on any atom is -0.468 e. The number of hydrogen-bond acceptors (Lipinski definition) is 4. The quantitative estimate of drug-likeness (QED) is 0.203. The number of carbonyl (C=O) groups is 1. The molecule has 0 radical (unpaired) electrons. The number of anilines is 1. The fraction of sp³-hybridized carbons (Fsp3) is 0.480. The molecule has 13 heteroatoms. The van der Waals surface area contributed by atoms with Crippen molar-refractivity contribution in [3.63, 3.8) is 0 Å². The average molecular weight is 556 g/mol. The maximum absolute atomic E-state index is 13.5. The number of carbonyl (C=O) groups excluding carboxylic acids is 1. The van der Waals surface area contributed by atoms with Crippen LogP contribution in [0.25, 0.3) is 0 Å². The second-order valence-corrected chi connectivity index (χ2v) is 8.93. The molecule has 0 fully saturated rings. The van der Waals surface area contributed by atoms with Crippen molar-refractivity contribution in [2.24, 2.45) is 0 Å². The molecule has 38 heavy (non-hydrogen) atoms. The maximum atomic E-state index is 13.5. The second kappa shape index (κ2) is 11.4. The van der Waals surface area contributed by atoms with Gasteiger partial charge in [-0.3, -0.25) is 4.79 Å². The van der Waals surface area contributed by atoms with Crippen molar-refractivity contribution < 1.29 is 49.0 Å². The first-order chi connectivity index (χ1) is 17.6. The van der Waals surface area contributed by atoms with Crippen LogP contribution in [0.3, 0.4) is 0 Å². The van der Waals surface area contributed by atoms with Crippen LogP contribution < -0.4 is 10.2 Å². The van der Waals surface area contributed by atoms with Crippen LogP contribution in [-0.2, 0) is 34.6 Å². The second-order valence-electron chi connectivity index (χ2n) is 8.93. The zero-order chi connectivity index (χ0) is 28.3. The van der Waals surface area contributed by atoms with Crippen LogP contribution in [0.1, 0.15) is 60.0 Å². The molecule has 0 saturated carbocycles. The Kier molecular flexibility index (Phi) is 8.89. The number of fused-ring (bicyclic) bond motifs is 1. The molecule has 4 nitrogen and oxygen atoms in total. The summed E-state index contributed by atoms with van der Waals surface area (Å²) in [7, 11) is 0. The Hall–Kier alpha value is -2.96.